The van der Waals surface area contributed by atoms with Crippen LogP contribution in [0.5, 0.6) is 0 Å². The van der Waals surface area contributed by atoms with Crippen molar-refractivity contribution in [3.8, 4) is 0 Å². The standard InChI is InChI=1S/C14H11F2NO4S/c1-8-4-2-6-10(12(8)14(18)19)17-22(20,21)11-7-3-5-9(15)13(11)16/h2-7,17H,1H3,(H,18,19). The van der Waals surface area contributed by atoms with E-state index < -0.39 is 32.5 Å². The Kier molecular flexibility index (Phi) is 4.14. The van der Waals surface area contributed by atoms with Crippen LogP contribution < -0.4 is 4.72 Å². The van der Waals surface area contributed by atoms with E-state index in [-0.39, 0.29) is 11.3 Å². The molecular formula is C14H11F2NO4S. The average Bonchev–Trinajstić information content (AvgIpc) is 2.40. The van der Waals surface area contributed by atoms with Gasteiger partial charge in [0.15, 0.2) is 11.6 Å². The minimum atomic E-state index is -4.47. The Hall–Kier alpha value is -2.48. The number of anilines is 1. The average molecular weight is 327 g/mol. The van der Waals surface area contributed by atoms with Crippen molar-refractivity contribution in [3.63, 3.8) is 0 Å². The van der Waals surface area contributed by atoms with E-state index in [2.05, 4.69) is 0 Å². The van der Waals surface area contributed by atoms with Crippen LogP contribution in [0.2, 0.25) is 0 Å². The second kappa shape index (κ2) is 5.72. The predicted octanol–water partition coefficient (Wildman–Crippen LogP) is 2.77. The van der Waals surface area contributed by atoms with Gasteiger partial charge in [-0.1, -0.05) is 18.2 Å². The number of aryl methyl sites for hydroxylation is 1. The smallest absolute Gasteiger partial charge is 0.338 e. The number of carbonyl (C=O) groups is 1. The molecule has 0 aliphatic heterocycles. The van der Waals surface area contributed by atoms with Gasteiger partial charge in [-0.05, 0) is 30.7 Å². The zero-order valence-electron chi connectivity index (χ0n) is 11.3. The van der Waals surface area contributed by atoms with Crippen LogP contribution >= 0.6 is 0 Å². The van der Waals surface area contributed by atoms with Gasteiger partial charge in [0, 0.05) is 0 Å². The summed E-state index contributed by atoms with van der Waals surface area (Å²) >= 11 is 0. The first kappa shape index (κ1) is 15.9. The third kappa shape index (κ3) is 2.91. The summed E-state index contributed by atoms with van der Waals surface area (Å²) in [7, 11) is -4.47. The summed E-state index contributed by atoms with van der Waals surface area (Å²) in [6.45, 7) is 1.49. The molecule has 8 heteroatoms. The van der Waals surface area contributed by atoms with E-state index in [1.165, 1.54) is 25.1 Å². The van der Waals surface area contributed by atoms with Crippen molar-refractivity contribution in [2.45, 2.75) is 11.8 Å². The molecule has 0 heterocycles. The zero-order chi connectivity index (χ0) is 16.5. The van der Waals surface area contributed by atoms with Gasteiger partial charge >= 0.3 is 5.97 Å². The van der Waals surface area contributed by atoms with Gasteiger partial charge in [0.1, 0.15) is 4.90 Å². The first-order valence-electron chi connectivity index (χ1n) is 6.04. The topological polar surface area (TPSA) is 83.5 Å². The van der Waals surface area contributed by atoms with E-state index >= 15 is 0 Å². The van der Waals surface area contributed by atoms with Crippen molar-refractivity contribution in [2.75, 3.05) is 4.72 Å². The van der Waals surface area contributed by atoms with Crippen LogP contribution in [-0.4, -0.2) is 19.5 Å². The summed E-state index contributed by atoms with van der Waals surface area (Å²) in [6, 6.07) is 6.87. The van der Waals surface area contributed by atoms with Crippen molar-refractivity contribution in [3.05, 3.63) is 59.2 Å². The van der Waals surface area contributed by atoms with Crippen LogP contribution in [0.3, 0.4) is 0 Å². The van der Waals surface area contributed by atoms with Crippen LogP contribution in [0.1, 0.15) is 15.9 Å². The highest BCUT2D eigenvalue weighted by molar-refractivity contribution is 7.92. The maximum absolute atomic E-state index is 13.6. The Morgan fingerprint density at radius 2 is 1.77 bits per heavy atom. The van der Waals surface area contributed by atoms with Crippen LogP contribution in [0.4, 0.5) is 14.5 Å². The van der Waals surface area contributed by atoms with Gasteiger partial charge in [-0.3, -0.25) is 4.72 Å². The SMILES string of the molecule is Cc1cccc(NS(=O)(=O)c2cccc(F)c2F)c1C(=O)O. The monoisotopic (exact) mass is 327 g/mol. The molecule has 0 bridgehead atoms. The van der Waals surface area contributed by atoms with Gasteiger partial charge in [-0.2, -0.15) is 0 Å². The first-order chi connectivity index (χ1) is 10.2. The zero-order valence-corrected chi connectivity index (χ0v) is 12.1. The molecule has 0 spiro atoms. The summed E-state index contributed by atoms with van der Waals surface area (Å²) in [5, 5.41) is 9.14. The molecule has 2 aromatic carbocycles. The van der Waals surface area contributed by atoms with E-state index in [0.717, 1.165) is 18.2 Å². The lowest BCUT2D eigenvalue weighted by atomic mass is 10.1. The molecule has 5 nitrogen and oxygen atoms in total. The Morgan fingerprint density at radius 1 is 1.14 bits per heavy atom. The van der Waals surface area contributed by atoms with Gasteiger partial charge in [0.2, 0.25) is 0 Å². The van der Waals surface area contributed by atoms with Crippen LogP contribution in [-0.2, 0) is 10.0 Å². The molecule has 0 saturated carbocycles. The molecule has 116 valence electrons. The Bertz CT molecular complexity index is 850. The second-order valence-corrected chi connectivity index (χ2v) is 6.11. The van der Waals surface area contributed by atoms with Gasteiger partial charge in [0.05, 0.1) is 11.3 Å². The molecule has 0 amide bonds. The molecule has 0 radical (unpaired) electrons. The number of nitrogens with one attached hydrogen (secondary N) is 1. The molecule has 2 rings (SSSR count). The van der Waals surface area contributed by atoms with Crippen LogP contribution in [0.15, 0.2) is 41.3 Å². The van der Waals surface area contributed by atoms with Crippen molar-refractivity contribution in [1.82, 2.24) is 0 Å². The number of rotatable bonds is 4. The van der Waals surface area contributed by atoms with Crippen molar-refractivity contribution in [1.29, 1.82) is 0 Å². The third-order valence-electron chi connectivity index (χ3n) is 2.94. The second-order valence-electron chi connectivity index (χ2n) is 4.46. The summed E-state index contributed by atoms with van der Waals surface area (Å²) in [5.74, 6) is -4.18. The molecule has 22 heavy (non-hydrogen) atoms. The molecule has 0 atom stereocenters. The van der Waals surface area contributed by atoms with E-state index in [1.807, 2.05) is 4.72 Å². The summed E-state index contributed by atoms with van der Waals surface area (Å²) < 4.78 is 53.1. The highest BCUT2D eigenvalue weighted by atomic mass is 32.2. The quantitative estimate of drug-likeness (QED) is 0.904. The van der Waals surface area contributed by atoms with Gasteiger partial charge < -0.3 is 5.11 Å². The number of hydrogen-bond donors (Lipinski definition) is 2. The molecular weight excluding hydrogens is 316 g/mol. The molecule has 2 aromatic rings. The van der Waals surface area contributed by atoms with Crippen molar-refractivity contribution < 1.29 is 27.1 Å². The fraction of sp³-hybridized carbons (Fsp3) is 0.0714. The minimum Gasteiger partial charge on any atom is -0.478 e. The largest absolute Gasteiger partial charge is 0.478 e. The fourth-order valence-corrected chi connectivity index (χ4v) is 3.09. The lowest BCUT2D eigenvalue weighted by molar-refractivity contribution is 0.0697. The summed E-state index contributed by atoms with van der Waals surface area (Å²) in [5.41, 5.74) is -0.161. The molecule has 0 saturated heterocycles. The van der Waals surface area contributed by atoms with Crippen molar-refractivity contribution >= 4 is 21.7 Å². The van der Waals surface area contributed by atoms with Crippen LogP contribution in [0, 0.1) is 18.6 Å². The van der Waals surface area contributed by atoms with Crippen LogP contribution in [0.25, 0.3) is 0 Å². The summed E-state index contributed by atoms with van der Waals surface area (Å²) in [4.78, 5) is 10.3. The molecule has 0 aliphatic rings. The number of halogens is 2. The Balaban J connectivity index is 2.53. The molecule has 0 aromatic heterocycles. The molecule has 0 aliphatic carbocycles. The number of benzene rings is 2. The predicted molar refractivity (Wildman–Crippen MR) is 75.3 cm³/mol. The number of hydrogen-bond acceptors (Lipinski definition) is 3. The van der Waals surface area contributed by atoms with Gasteiger partial charge in [0.25, 0.3) is 10.0 Å². The van der Waals surface area contributed by atoms with E-state index in [4.69, 9.17) is 5.11 Å². The third-order valence-corrected chi connectivity index (χ3v) is 4.32. The maximum atomic E-state index is 13.6. The minimum absolute atomic E-state index is 0.226. The van der Waals surface area contributed by atoms with E-state index in [0.29, 0.717) is 5.56 Å². The number of aromatic carboxylic acids is 1. The summed E-state index contributed by atoms with van der Waals surface area (Å²) in [6.07, 6.45) is 0. The fourth-order valence-electron chi connectivity index (χ4n) is 1.93. The normalized spacial score (nSPS) is 11.2. The molecule has 2 N–H and O–H groups in total. The highest BCUT2D eigenvalue weighted by Gasteiger charge is 2.24. The van der Waals surface area contributed by atoms with E-state index in [9.17, 15) is 22.0 Å². The molecule has 0 fully saturated rings. The van der Waals surface area contributed by atoms with Gasteiger partial charge in [-0.25, -0.2) is 22.0 Å². The maximum Gasteiger partial charge on any atom is 0.338 e. The van der Waals surface area contributed by atoms with Crippen molar-refractivity contribution in [2.24, 2.45) is 0 Å². The lowest BCUT2D eigenvalue weighted by Gasteiger charge is -2.12. The molecule has 0 unspecified atom stereocenters. The number of carboxylic acid groups (broad SMARTS) is 1. The van der Waals surface area contributed by atoms with E-state index in [1.54, 1.807) is 0 Å². The lowest BCUT2D eigenvalue weighted by Crippen LogP contribution is -2.18. The number of carboxylic acids is 1. The number of sulfonamides is 1. The Labute approximate surface area is 125 Å². The highest BCUT2D eigenvalue weighted by Crippen LogP contribution is 2.24. The Morgan fingerprint density at radius 3 is 2.41 bits per heavy atom. The van der Waals surface area contributed by atoms with Gasteiger partial charge in [-0.15, -0.1) is 0 Å². The first-order valence-corrected chi connectivity index (χ1v) is 7.52.